The third-order valence-corrected chi connectivity index (χ3v) is 3.23. The molecule has 16 heavy (non-hydrogen) atoms. The Labute approximate surface area is 97.9 Å². The second kappa shape index (κ2) is 4.12. The quantitative estimate of drug-likeness (QED) is 0.788. The van der Waals surface area contributed by atoms with Crippen molar-refractivity contribution < 1.29 is 4.76 Å². The first-order chi connectivity index (χ1) is 7.93. The fraction of sp³-hybridized carbons (Fsp3) is 0. The zero-order valence-electron chi connectivity index (χ0n) is 8.46. The molecule has 0 saturated carbocycles. The Kier molecular flexibility index (Phi) is 2.48. The summed E-state index contributed by atoms with van der Waals surface area (Å²) in [6.45, 7) is 0. The number of hydrogen-bond acceptors (Lipinski definition) is 4. The van der Waals surface area contributed by atoms with Gasteiger partial charge in [0.05, 0.1) is 4.88 Å². The number of hydrogen-bond donors (Lipinski definition) is 1. The van der Waals surface area contributed by atoms with Gasteiger partial charge in [-0.15, -0.1) is 11.3 Å². The van der Waals surface area contributed by atoms with Crippen LogP contribution in [0.5, 0.6) is 0 Å². The smallest absolute Gasteiger partial charge is 0.300 e. The molecule has 1 aromatic heterocycles. The summed E-state index contributed by atoms with van der Waals surface area (Å²) in [4.78, 5) is 5.59. The number of benzene rings is 1. The zero-order chi connectivity index (χ0) is 10.8. The summed E-state index contributed by atoms with van der Waals surface area (Å²) in [5.41, 5.74) is 3.92. The van der Waals surface area contributed by atoms with Gasteiger partial charge in [0.2, 0.25) is 0 Å². The van der Waals surface area contributed by atoms with Crippen LogP contribution in [0.2, 0.25) is 0 Å². The van der Waals surface area contributed by atoms with E-state index in [1.165, 1.54) is 0 Å². The summed E-state index contributed by atoms with van der Waals surface area (Å²) in [7, 11) is -0.238. The highest BCUT2D eigenvalue weighted by Crippen LogP contribution is 2.12. The molecule has 0 unspecified atom stereocenters. The van der Waals surface area contributed by atoms with Crippen LogP contribution in [0.4, 0.5) is 0 Å². The van der Waals surface area contributed by atoms with Gasteiger partial charge in [0.1, 0.15) is 0 Å². The lowest BCUT2D eigenvalue weighted by Crippen LogP contribution is -2.31. The summed E-state index contributed by atoms with van der Waals surface area (Å²) >= 11 is 1.64. The van der Waals surface area contributed by atoms with Gasteiger partial charge in [0.25, 0.3) is 0 Å². The third kappa shape index (κ3) is 1.75. The first-order valence-electron chi connectivity index (χ1n) is 5.02. The number of nitrogens with zero attached hydrogens (tertiary/aromatic N) is 1. The lowest BCUT2D eigenvalue weighted by Gasteiger charge is -2.00. The van der Waals surface area contributed by atoms with Crippen molar-refractivity contribution in [1.82, 2.24) is 5.48 Å². The van der Waals surface area contributed by atoms with Crippen molar-refractivity contribution in [3.63, 3.8) is 0 Å². The maximum Gasteiger partial charge on any atom is 0.496 e. The highest BCUT2D eigenvalue weighted by molar-refractivity contribution is 7.12. The summed E-state index contributed by atoms with van der Waals surface area (Å²) in [6.07, 6.45) is 0. The van der Waals surface area contributed by atoms with E-state index in [2.05, 4.69) is 10.4 Å². The van der Waals surface area contributed by atoms with Crippen molar-refractivity contribution in [1.29, 1.82) is 0 Å². The Hall–Kier alpha value is -1.59. The van der Waals surface area contributed by atoms with Crippen molar-refractivity contribution in [2.75, 3.05) is 0 Å². The summed E-state index contributed by atoms with van der Waals surface area (Å²) < 4.78 is 5.43. The Balaban J connectivity index is 1.87. The Morgan fingerprint density at radius 2 is 2.00 bits per heavy atom. The Morgan fingerprint density at radius 1 is 1.12 bits per heavy atom. The monoisotopic (exact) mass is 228 g/mol. The first kappa shape index (κ1) is 9.63. The van der Waals surface area contributed by atoms with E-state index in [9.17, 15) is 0 Å². The van der Waals surface area contributed by atoms with Gasteiger partial charge >= 0.3 is 7.05 Å². The molecule has 0 bridgehead atoms. The van der Waals surface area contributed by atoms with E-state index in [-0.39, 0.29) is 7.05 Å². The highest BCUT2D eigenvalue weighted by atomic mass is 32.1. The molecular weight excluding hydrogens is 219 g/mol. The SMILES string of the molecule is c1ccc(B2N=C(c3cccs3)NO2)cc1. The van der Waals surface area contributed by atoms with Crippen LogP contribution in [0.1, 0.15) is 4.88 Å². The van der Waals surface area contributed by atoms with E-state index in [1.54, 1.807) is 11.3 Å². The van der Waals surface area contributed by atoms with Crippen LogP contribution in [0.3, 0.4) is 0 Å². The fourth-order valence-electron chi connectivity index (χ4n) is 1.57. The minimum atomic E-state index is -0.238. The van der Waals surface area contributed by atoms with Gasteiger partial charge < -0.3 is 0 Å². The van der Waals surface area contributed by atoms with E-state index in [0.717, 1.165) is 16.2 Å². The van der Waals surface area contributed by atoms with E-state index in [0.29, 0.717) is 0 Å². The molecule has 2 heterocycles. The molecule has 0 spiro atoms. The van der Waals surface area contributed by atoms with Crippen LogP contribution in [-0.2, 0) is 4.76 Å². The topological polar surface area (TPSA) is 33.6 Å². The molecule has 0 amide bonds. The van der Waals surface area contributed by atoms with Crippen LogP contribution >= 0.6 is 11.3 Å². The minimum Gasteiger partial charge on any atom is -0.300 e. The van der Waals surface area contributed by atoms with Crippen LogP contribution in [-0.4, -0.2) is 12.9 Å². The van der Waals surface area contributed by atoms with Gasteiger partial charge in [-0.25, -0.2) is 0 Å². The average Bonchev–Trinajstić information content (AvgIpc) is 3.01. The van der Waals surface area contributed by atoms with Gasteiger partial charge in [-0.05, 0) is 16.9 Å². The molecule has 1 aliphatic rings. The number of thiophene rings is 1. The molecule has 3 rings (SSSR count). The first-order valence-corrected chi connectivity index (χ1v) is 5.90. The normalized spacial score (nSPS) is 14.8. The molecule has 0 atom stereocenters. The molecule has 1 aliphatic heterocycles. The number of hydroxylamine groups is 1. The Morgan fingerprint density at radius 3 is 2.75 bits per heavy atom. The maximum absolute atomic E-state index is 5.43. The molecule has 5 heteroatoms. The van der Waals surface area contributed by atoms with Gasteiger partial charge in [-0.3, -0.25) is 15.1 Å². The van der Waals surface area contributed by atoms with Crippen molar-refractivity contribution in [2.24, 2.45) is 4.90 Å². The molecule has 0 aliphatic carbocycles. The molecular formula is C11H9BN2OS. The highest BCUT2D eigenvalue weighted by Gasteiger charge is 2.27. The van der Waals surface area contributed by atoms with E-state index in [1.807, 2.05) is 47.8 Å². The van der Waals surface area contributed by atoms with Crippen LogP contribution in [0.25, 0.3) is 0 Å². The minimum absolute atomic E-state index is 0.238. The number of amidine groups is 1. The fourth-order valence-corrected chi connectivity index (χ4v) is 2.24. The molecule has 0 radical (unpaired) electrons. The van der Waals surface area contributed by atoms with Crippen molar-refractivity contribution in [2.45, 2.75) is 0 Å². The van der Waals surface area contributed by atoms with Gasteiger partial charge in [0, 0.05) is 0 Å². The average molecular weight is 228 g/mol. The van der Waals surface area contributed by atoms with E-state index in [4.69, 9.17) is 4.76 Å². The standard InChI is InChI=1S/C11H9BN2OS/c1-2-5-9(6-3-1)12-13-11(14-15-12)10-7-4-8-16-10/h1-8H,(H,13,14). The molecule has 1 aromatic carbocycles. The summed E-state index contributed by atoms with van der Waals surface area (Å²) in [6, 6.07) is 14.0. The van der Waals surface area contributed by atoms with Crippen molar-refractivity contribution >= 4 is 29.7 Å². The lowest BCUT2D eigenvalue weighted by molar-refractivity contribution is 0.284. The van der Waals surface area contributed by atoms with Crippen LogP contribution < -0.4 is 10.9 Å². The predicted molar refractivity (Wildman–Crippen MR) is 66.9 cm³/mol. The number of nitrogens with one attached hydrogen (secondary N) is 1. The number of rotatable bonds is 2. The van der Waals surface area contributed by atoms with Gasteiger partial charge in [-0.2, -0.15) is 0 Å². The third-order valence-electron chi connectivity index (χ3n) is 2.35. The largest absolute Gasteiger partial charge is 0.496 e. The summed E-state index contributed by atoms with van der Waals surface area (Å²) in [5, 5.41) is 2.02. The van der Waals surface area contributed by atoms with Gasteiger partial charge in [-0.1, -0.05) is 36.4 Å². The molecule has 1 N–H and O–H groups in total. The van der Waals surface area contributed by atoms with Crippen LogP contribution in [0, 0.1) is 0 Å². The maximum atomic E-state index is 5.43. The lowest BCUT2D eigenvalue weighted by atomic mass is 9.75. The molecule has 0 fully saturated rings. The molecule has 2 aromatic rings. The van der Waals surface area contributed by atoms with E-state index >= 15 is 0 Å². The molecule has 3 nitrogen and oxygen atoms in total. The second-order valence-corrected chi connectivity index (χ2v) is 4.39. The molecule has 0 saturated heterocycles. The second-order valence-electron chi connectivity index (χ2n) is 3.44. The van der Waals surface area contributed by atoms with Crippen LogP contribution in [0.15, 0.2) is 52.7 Å². The molecule has 78 valence electrons. The summed E-state index contributed by atoms with van der Waals surface area (Å²) in [5.74, 6) is 0.809. The van der Waals surface area contributed by atoms with E-state index < -0.39 is 0 Å². The Bertz CT molecular complexity index is 498. The predicted octanol–water partition coefficient (Wildman–Crippen LogP) is 1.42. The van der Waals surface area contributed by atoms with Gasteiger partial charge in [0.15, 0.2) is 5.84 Å². The van der Waals surface area contributed by atoms with Crippen molar-refractivity contribution in [3.8, 4) is 0 Å². The zero-order valence-corrected chi connectivity index (χ0v) is 9.28. The van der Waals surface area contributed by atoms with Crippen molar-refractivity contribution in [3.05, 3.63) is 52.7 Å².